The average molecular weight is 226 g/mol. The van der Waals surface area contributed by atoms with Gasteiger partial charge in [-0.3, -0.25) is 9.59 Å². The summed E-state index contributed by atoms with van der Waals surface area (Å²) in [6.45, 7) is 3.42. The van der Waals surface area contributed by atoms with E-state index in [4.69, 9.17) is 5.11 Å². The smallest absolute Gasteiger partial charge is 0.326 e. The van der Waals surface area contributed by atoms with Crippen LogP contribution in [-0.2, 0) is 14.4 Å². The summed E-state index contributed by atoms with van der Waals surface area (Å²) in [5.41, 5.74) is 0. The van der Waals surface area contributed by atoms with Gasteiger partial charge in [-0.2, -0.15) is 0 Å². The number of rotatable bonds is 5. The molecule has 2 amide bonds. The highest BCUT2D eigenvalue weighted by molar-refractivity contribution is 5.92. The third-order valence-corrected chi connectivity index (χ3v) is 2.33. The van der Waals surface area contributed by atoms with Gasteiger partial charge < -0.3 is 15.7 Å². The lowest BCUT2D eigenvalue weighted by atomic mass is 10.1. The predicted molar refractivity (Wildman–Crippen MR) is 55.5 cm³/mol. The maximum Gasteiger partial charge on any atom is 0.326 e. The van der Waals surface area contributed by atoms with E-state index in [0.29, 0.717) is 12.8 Å². The Morgan fingerprint density at radius 3 is 2.81 bits per heavy atom. The first kappa shape index (κ1) is 12.2. The number of carboxylic acid groups (broad SMARTS) is 1. The highest BCUT2D eigenvalue weighted by Crippen LogP contribution is 2.07. The molecule has 0 radical (unpaired) electrons. The Hall–Kier alpha value is -1.85. The van der Waals surface area contributed by atoms with Crippen LogP contribution in [0.1, 0.15) is 19.3 Å². The Bertz CT molecular complexity index is 327. The molecule has 16 heavy (non-hydrogen) atoms. The molecule has 0 spiro atoms. The van der Waals surface area contributed by atoms with Crippen LogP contribution in [0.4, 0.5) is 0 Å². The second-order valence-corrected chi connectivity index (χ2v) is 3.58. The average Bonchev–Trinajstić information content (AvgIpc) is 2.64. The van der Waals surface area contributed by atoms with Gasteiger partial charge in [-0.05, 0) is 12.8 Å². The number of carbonyl (C=O) groups is 3. The molecule has 0 bridgehead atoms. The van der Waals surface area contributed by atoms with Crippen LogP contribution in [0, 0.1) is 0 Å². The van der Waals surface area contributed by atoms with E-state index in [2.05, 4.69) is 17.2 Å². The molecule has 1 heterocycles. The van der Waals surface area contributed by atoms with Gasteiger partial charge in [-0.15, -0.1) is 6.58 Å². The molecule has 0 aromatic rings. The number of nitrogens with one attached hydrogen (secondary N) is 2. The number of aliphatic carboxylic acids is 1. The highest BCUT2D eigenvalue weighted by atomic mass is 16.4. The van der Waals surface area contributed by atoms with E-state index in [0.717, 1.165) is 0 Å². The van der Waals surface area contributed by atoms with E-state index in [-0.39, 0.29) is 12.3 Å². The van der Waals surface area contributed by atoms with Crippen LogP contribution < -0.4 is 10.6 Å². The zero-order valence-electron chi connectivity index (χ0n) is 8.73. The summed E-state index contributed by atoms with van der Waals surface area (Å²) in [7, 11) is 0. The van der Waals surface area contributed by atoms with E-state index < -0.39 is 24.0 Å². The first-order chi connectivity index (χ1) is 7.54. The monoisotopic (exact) mass is 226 g/mol. The minimum Gasteiger partial charge on any atom is -0.480 e. The van der Waals surface area contributed by atoms with Gasteiger partial charge in [0.05, 0.1) is 0 Å². The SMILES string of the molecule is C=CCC(NC(=O)[C@@H]1CCC(=O)N1)C(=O)O. The fraction of sp³-hybridized carbons (Fsp3) is 0.500. The van der Waals surface area contributed by atoms with Crippen molar-refractivity contribution in [3.05, 3.63) is 12.7 Å². The van der Waals surface area contributed by atoms with E-state index in [1.165, 1.54) is 6.08 Å². The number of carbonyl (C=O) groups excluding carboxylic acids is 2. The molecule has 1 saturated heterocycles. The molecule has 3 N–H and O–H groups in total. The van der Waals surface area contributed by atoms with Gasteiger partial charge in [-0.25, -0.2) is 4.79 Å². The van der Waals surface area contributed by atoms with Crippen molar-refractivity contribution in [2.45, 2.75) is 31.3 Å². The van der Waals surface area contributed by atoms with Crippen LogP contribution >= 0.6 is 0 Å². The van der Waals surface area contributed by atoms with Crippen LogP contribution in [0.2, 0.25) is 0 Å². The van der Waals surface area contributed by atoms with Crippen molar-refractivity contribution in [1.82, 2.24) is 10.6 Å². The maximum atomic E-state index is 11.6. The first-order valence-electron chi connectivity index (χ1n) is 4.98. The van der Waals surface area contributed by atoms with Crippen molar-refractivity contribution in [1.29, 1.82) is 0 Å². The molecule has 0 aliphatic carbocycles. The van der Waals surface area contributed by atoms with Gasteiger partial charge in [0.2, 0.25) is 11.8 Å². The zero-order chi connectivity index (χ0) is 12.1. The molecule has 6 heteroatoms. The summed E-state index contributed by atoms with van der Waals surface area (Å²) in [5, 5.41) is 13.6. The Kier molecular flexibility index (Phi) is 4.04. The summed E-state index contributed by atoms with van der Waals surface area (Å²) in [6.07, 6.45) is 2.29. The summed E-state index contributed by atoms with van der Waals surface area (Å²) < 4.78 is 0. The maximum absolute atomic E-state index is 11.6. The lowest BCUT2D eigenvalue weighted by Crippen LogP contribution is -2.48. The molecule has 0 saturated carbocycles. The van der Waals surface area contributed by atoms with Crippen molar-refractivity contribution >= 4 is 17.8 Å². The molecule has 1 unspecified atom stereocenters. The van der Waals surface area contributed by atoms with Crippen LogP contribution in [-0.4, -0.2) is 35.0 Å². The van der Waals surface area contributed by atoms with Crippen LogP contribution in [0.5, 0.6) is 0 Å². The summed E-state index contributed by atoms with van der Waals surface area (Å²) in [5.74, 6) is -1.76. The molecule has 6 nitrogen and oxygen atoms in total. The van der Waals surface area contributed by atoms with Crippen LogP contribution in [0.25, 0.3) is 0 Å². The Labute approximate surface area is 92.7 Å². The standard InChI is InChI=1S/C10H14N2O4/c1-2-3-7(10(15)16)12-9(14)6-4-5-8(13)11-6/h2,6-7H,1,3-5H2,(H,11,13)(H,12,14)(H,15,16)/t6-,7?/m0/s1. The van der Waals surface area contributed by atoms with Gasteiger partial charge in [0.1, 0.15) is 12.1 Å². The van der Waals surface area contributed by atoms with Crippen molar-refractivity contribution in [3.63, 3.8) is 0 Å². The van der Waals surface area contributed by atoms with Crippen molar-refractivity contribution in [2.24, 2.45) is 0 Å². The van der Waals surface area contributed by atoms with E-state index >= 15 is 0 Å². The van der Waals surface area contributed by atoms with Gasteiger partial charge in [0.25, 0.3) is 0 Å². The van der Waals surface area contributed by atoms with Crippen LogP contribution in [0.15, 0.2) is 12.7 Å². The zero-order valence-corrected chi connectivity index (χ0v) is 8.73. The van der Waals surface area contributed by atoms with Gasteiger partial charge in [0, 0.05) is 6.42 Å². The largest absolute Gasteiger partial charge is 0.480 e. The quantitative estimate of drug-likeness (QED) is 0.546. The molecule has 1 fully saturated rings. The molecule has 1 aliphatic heterocycles. The molecule has 1 aliphatic rings. The molecular formula is C10H14N2O4. The second kappa shape index (κ2) is 5.29. The fourth-order valence-electron chi connectivity index (χ4n) is 1.47. The number of amides is 2. The topological polar surface area (TPSA) is 95.5 Å². The lowest BCUT2D eigenvalue weighted by molar-refractivity contribution is -0.142. The Morgan fingerprint density at radius 2 is 2.38 bits per heavy atom. The molecule has 1 rings (SSSR count). The second-order valence-electron chi connectivity index (χ2n) is 3.58. The van der Waals surface area contributed by atoms with Crippen molar-refractivity contribution in [2.75, 3.05) is 0 Å². The molecule has 88 valence electrons. The molecule has 0 aromatic heterocycles. The Morgan fingerprint density at radius 1 is 1.69 bits per heavy atom. The number of carboxylic acids is 1. The fourth-order valence-corrected chi connectivity index (χ4v) is 1.47. The molecular weight excluding hydrogens is 212 g/mol. The summed E-state index contributed by atoms with van der Waals surface area (Å²) >= 11 is 0. The molecule has 0 aromatic carbocycles. The predicted octanol–water partition coefficient (Wildman–Crippen LogP) is -0.589. The third-order valence-electron chi connectivity index (χ3n) is 2.33. The summed E-state index contributed by atoms with van der Waals surface area (Å²) in [4.78, 5) is 33.2. The third kappa shape index (κ3) is 3.08. The first-order valence-corrected chi connectivity index (χ1v) is 4.98. The van der Waals surface area contributed by atoms with Gasteiger partial charge in [0.15, 0.2) is 0 Å². The van der Waals surface area contributed by atoms with Crippen molar-refractivity contribution in [3.8, 4) is 0 Å². The minimum absolute atomic E-state index is 0.155. The van der Waals surface area contributed by atoms with E-state index in [1.807, 2.05) is 0 Å². The van der Waals surface area contributed by atoms with Crippen LogP contribution in [0.3, 0.4) is 0 Å². The lowest BCUT2D eigenvalue weighted by Gasteiger charge is -2.15. The normalized spacial score (nSPS) is 21.0. The van der Waals surface area contributed by atoms with E-state index in [1.54, 1.807) is 0 Å². The number of hydrogen-bond acceptors (Lipinski definition) is 3. The summed E-state index contributed by atoms with van der Waals surface area (Å²) in [6, 6.07) is -1.60. The van der Waals surface area contributed by atoms with Gasteiger partial charge in [-0.1, -0.05) is 6.08 Å². The molecule has 2 atom stereocenters. The highest BCUT2D eigenvalue weighted by Gasteiger charge is 2.29. The number of hydrogen-bond donors (Lipinski definition) is 3. The minimum atomic E-state index is -1.11. The van der Waals surface area contributed by atoms with Gasteiger partial charge >= 0.3 is 5.97 Å². The Balaban J connectivity index is 2.51. The van der Waals surface area contributed by atoms with Crippen molar-refractivity contribution < 1.29 is 19.5 Å². The van der Waals surface area contributed by atoms with E-state index in [9.17, 15) is 14.4 Å².